The highest BCUT2D eigenvalue weighted by atomic mass is 35.5. The van der Waals surface area contributed by atoms with E-state index < -0.39 is 17.3 Å². The normalized spacial score (nSPS) is 11.5. The van der Waals surface area contributed by atoms with Gasteiger partial charge < -0.3 is 11.1 Å². The minimum atomic E-state index is -0.939. The first kappa shape index (κ1) is 15.0. The maximum Gasteiger partial charge on any atom is 0.319 e. The Morgan fingerprint density at radius 2 is 1.95 bits per heavy atom. The minimum absolute atomic E-state index is 0.210. The summed E-state index contributed by atoms with van der Waals surface area (Å²) in [4.78, 5) is 33.7. The third kappa shape index (κ3) is 4.26. The predicted octanol–water partition coefficient (Wildman–Crippen LogP) is 1.37. The Balaban J connectivity index is 2.97. The van der Waals surface area contributed by atoms with Crippen LogP contribution < -0.4 is 16.4 Å². The molecule has 19 heavy (non-hydrogen) atoms. The number of nitrogens with one attached hydrogen (secondary N) is 2. The molecule has 0 radical (unpaired) electrons. The van der Waals surface area contributed by atoms with Crippen LogP contribution in [0.4, 0.5) is 10.5 Å². The maximum absolute atomic E-state index is 11.6. The van der Waals surface area contributed by atoms with Crippen molar-refractivity contribution >= 4 is 35.1 Å². The first-order chi connectivity index (χ1) is 8.81. The summed E-state index contributed by atoms with van der Waals surface area (Å²) in [5.74, 6) is -1.01. The molecule has 0 spiro atoms. The molecule has 0 fully saturated rings. The van der Waals surface area contributed by atoms with Crippen molar-refractivity contribution in [3.63, 3.8) is 0 Å². The van der Waals surface area contributed by atoms with Gasteiger partial charge in [-0.15, -0.1) is 11.6 Å². The monoisotopic (exact) mass is 283 g/mol. The van der Waals surface area contributed by atoms with E-state index in [2.05, 4.69) is 5.32 Å². The van der Waals surface area contributed by atoms with E-state index in [1.807, 2.05) is 5.32 Å². The lowest BCUT2D eigenvalue weighted by Gasteiger charge is -2.11. The van der Waals surface area contributed by atoms with Gasteiger partial charge in [0, 0.05) is 11.3 Å². The van der Waals surface area contributed by atoms with Gasteiger partial charge in [0.25, 0.3) is 5.91 Å². The van der Waals surface area contributed by atoms with Gasteiger partial charge in [-0.3, -0.25) is 14.9 Å². The fourth-order valence-electron chi connectivity index (χ4n) is 1.31. The van der Waals surface area contributed by atoms with E-state index in [1.165, 1.54) is 19.1 Å². The fraction of sp³-hybridized carbons (Fsp3) is 0.250. The molecule has 0 saturated carbocycles. The number of nitrogens with two attached hydrogens (primary N) is 1. The number of primary amides is 1. The van der Waals surface area contributed by atoms with Crippen LogP contribution in [0.1, 0.15) is 22.8 Å². The Labute approximate surface area is 115 Å². The average molecular weight is 284 g/mol. The van der Waals surface area contributed by atoms with Crippen LogP contribution >= 0.6 is 11.6 Å². The van der Waals surface area contributed by atoms with Crippen LogP contribution in [0.2, 0.25) is 0 Å². The van der Waals surface area contributed by atoms with Crippen LogP contribution in [0.3, 0.4) is 0 Å². The van der Waals surface area contributed by atoms with Crippen LogP contribution in [-0.2, 0) is 4.79 Å². The molecule has 4 amide bonds. The molecule has 0 aliphatic heterocycles. The number of rotatable bonds is 3. The van der Waals surface area contributed by atoms with Gasteiger partial charge in [-0.25, -0.2) is 4.79 Å². The second-order valence-corrected chi connectivity index (χ2v) is 4.61. The molecule has 4 N–H and O–H groups in total. The molecule has 0 unspecified atom stereocenters. The zero-order chi connectivity index (χ0) is 14.6. The van der Waals surface area contributed by atoms with Gasteiger partial charge in [0.05, 0.1) is 0 Å². The van der Waals surface area contributed by atoms with Crippen molar-refractivity contribution in [2.75, 3.05) is 5.32 Å². The van der Waals surface area contributed by atoms with Crippen molar-refractivity contribution in [1.82, 2.24) is 5.32 Å². The van der Waals surface area contributed by atoms with Crippen LogP contribution in [-0.4, -0.2) is 23.2 Å². The summed E-state index contributed by atoms with van der Waals surface area (Å²) in [6, 6.07) is 3.67. The van der Waals surface area contributed by atoms with Crippen LogP contribution in [0.5, 0.6) is 0 Å². The summed E-state index contributed by atoms with van der Waals surface area (Å²) in [5.41, 5.74) is 6.29. The molecule has 1 aromatic carbocycles. The number of carbonyl (C=O) groups is 3. The number of hydrogen-bond donors (Lipinski definition) is 3. The summed E-state index contributed by atoms with van der Waals surface area (Å²) >= 11 is 5.65. The summed E-state index contributed by atoms with van der Waals surface area (Å²) in [6.45, 7) is 3.31. The highest BCUT2D eigenvalue weighted by molar-refractivity contribution is 6.32. The lowest BCUT2D eigenvalue weighted by molar-refractivity contribution is -0.115. The number of benzene rings is 1. The molecular formula is C12H14ClN3O3. The molecule has 0 aliphatic carbocycles. The van der Waals surface area contributed by atoms with Gasteiger partial charge in [0.1, 0.15) is 5.38 Å². The van der Waals surface area contributed by atoms with Crippen LogP contribution in [0, 0.1) is 6.92 Å². The van der Waals surface area contributed by atoms with E-state index in [9.17, 15) is 14.4 Å². The third-order valence-corrected chi connectivity index (χ3v) is 2.55. The molecule has 0 heterocycles. The molecule has 0 saturated heterocycles. The average Bonchev–Trinajstić information content (AvgIpc) is 2.30. The largest absolute Gasteiger partial charge is 0.351 e. The lowest BCUT2D eigenvalue weighted by atomic mass is 10.1. The molecule has 1 aromatic rings. The number of hydrogen-bond acceptors (Lipinski definition) is 3. The maximum atomic E-state index is 11.6. The summed E-state index contributed by atoms with van der Waals surface area (Å²) in [6.07, 6.45) is 0. The number of urea groups is 1. The number of anilines is 1. The van der Waals surface area contributed by atoms with E-state index in [0.717, 1.165) is 5.56 Å². The number of imide groups is 1. The number of carbonyl (C=O) groups excluding carboxylic acids is 3. The van der Waals surface area contributed by atoms with E-state index in [4.69, 9.17) is 17.3 Å². The van der Waals surface area contributed by atoms with Crippen LogP contribution in [0.15, 0.2) is 18.2 Å². The minimum Gasteiger partial charge on any atom is -0.351 e. The molecule has 0 aromatic heterocycles. The highest BCUT2D eigenvalue weighted by Crippen LogP contribution is 2.17. The molecule has 7 heteroatoms. The summed E-state index contributed by atoms with van der Waals surface area (Å²) < 4.78 is 0. The topological polar surface area (TPSA) is 101 Å². The molecule has 1 rings (SSSR count). The van der Waals surface area contributed by atoms with Crippen molar-refractivity contribution < 1.29 is 14.4 Å². The number of aryl methyl sites for hydroxylation is 1. The molecule has 0 bridgehead atoms. The van der Waals surface area contributed by atoms with Crippen molar-refractivity contribution in [3.8, 4) is 0 Å². The Morgan fingerprint density at radius 3 is 2.47 bits per heavy atom. The van der Waals surface area contributed by atoms with Gasteiger partial charge in [-0.1, -0.05) is 6.07 Å². The second kappa shape index (κ2) is 6.19. The Kier molecular flexibility index (Phi) is 4.88. The zero-order valence-electron chi connectivity index (χ0n) is 10.5. The Bertz CT molecular complexity index is 529. The Morgan fingerprint density at radius 1 is 1.32 bits per heavy atom. The van der Waals surface area contributed by atoms with Gasteiger partial charge in [0.15, 0.2) is 0 Å². The zero-order valence-corrected chi connectivity index (χ0v) is 11.2. The second-order valence-electron chi connectivity index (χ2n) is 3.95. The lowest BCUT2D eigenvalue weighted by Crippen LogP contribution is -2.35. The summed E-state index contributed by atoms with van der Waals surface area (Å²) in [7, 11) is 0. The standard InChI is InChI=1S/C12H14ClN3O3/c1-6-3-4-8(11(18)16-12(14)19)5-9(6)15-10(17)7(2)13/h3-5,7H,1-2H3,(H,15,17)(H3,14,16,18,19)/t7-/m1/s1. The molecule has 102 valence electrons. The first-order valence-electron chi connectivity index (χ1n) is 5.47. The van der Waals surface area contributed by atoms with E-state index in [1.54, 1.807) is 13.0 Å². The SMILES string of the molecule is Cc1ccc(C(=O)NC(N)=O)cc1NC(=O)[C@@H](C)Cl. The number of halogens is 1. The predicted molar refractivity (Wildman–Crippen MR) is 72.2 cm³/mol. The highest BCUT2D eigenvalue weighted by Gasteiger charge is 2.13. The van der Waals surface area contributed by atoms with E-state index >= 15 is 0 Å². The number of alkyl halides is 1. The van der Waals surface area contributed by atoms with E-state index in [-0.39, 0.29) is 11.5 Å². The van der Waals surface area contributed by atoms with Crippen molar-refractivity contribution in [3.05, 3.63) is 29.3 Å². The molecule has 6 nitrogen and oxygen atoms in total. The fourth-order valence-corrected chi connectivity index (χ4v) is 1.37. The number of amides is 4. The van der Waals surface area contributed by atoms with Gasteiger partial charge in [-0.2, -0.15) is 0 Å². The Hall–Kier alpha value is -2.08. The van der Waals surface area contributed by atoms with Crippen LogP contribution in [0.25, 0.3) is 0 Å². The molecule has 0 aliphatic rings. The third-order valence-electron chi connectivity index (χ3n) is 2.36. The smallest absolute Gasteiger partial charge is 0.319 e. The van der Waals surface area contributed by atoms with Gasteiger partial charge >= 0.3 is 6.03 Å². The summed E-state index contributed by atoms with van der Waals surface area (Å²) in [5, 5.41) is 3.84. The van der Waals surface area contributed by atoms with Gasteiger partial charge in [-0.05, 0) is 31.5 Å². The quantitative estimate of drug-likeness (QED) is 0.730. The van der Waals surface area contributed by atoms with E-state index in [0.29, 0.717) is 5.69 Å². The molecule has 1 atom stereocenters. The van der Waals surface area contributed by atoms with Crippen molar-refractivity contribution in [2.45, 2.75) is 19.2 Å². The van der Waals surface area contributed by atoms with Crippen molar-refractivity contribution in [1.29, 1.82) is 0 Å². The van der Waals surface area contributed by atoms with Crippen molar-refractivity contribution in [2.24, 2.45) is 5.73 Å². The van der Waals surface area contributed by atoms with Gasteiger partial charge in [0.2, 0.25) is 5.91 Å². The first-order valence-corrected chi connectivity index (χ1v) is 5.91. The molecular weight excluding hydrogens is 270 g/mol.